The molecule has 2 aromatic carbocycles. The van der Waals surface area contributed by atoms with Gasteiger partial charge in [-0.1, -0.05) is 48.9 Å². The van der Waals surface area contributed by atoms with Gasteiger partial charge in [-0.2, -0.15) is 0 Å². The second-order valence-corrected chi connectivity index (χ2v) is 5.24. The van der Waals surface area contributed by atoms with Crippen molar-refractivity contribution >= 4 is 5.69 Å². The third-order valence-electron chi connectivity index (χ3n) is 3.27. The lowest BCUT2D eigenvalue weighted by Crippen LogP contribution is -2.04. The van der Waals surface area contributed by atoms with E-state index in [1.54, 1.807) is 0 Å². The van der Waals surface area contributed by atoms with Crippen LogP contribution in [0.4, 0.5) is 5.69 Å². The summed E-state index contributed by atoms with van der Waals surface area (Å²) in [6.45, 7) is 4.43. The van der Waals surface area contributed by atoms with Crippen molar-refractivity contribution in [1.29, 1.82) is 0 Å². The van der Waals surface area contributed by atoms with Gasteiger partial charge in [0.05, 0.1) is 0 Å². The molecule has 0 aromatic heterocycles. The molecular weight excluding hydrogens is 218 g/mol. The predicted molar refractivity (Wildman–Crippen MR) is 78.6 cm³/mol. The molecule has 0 aliphatic rings. The lowest BCUT2D eigenvalue weighted by molar-refractivity contribution is 0.577. The van der Waals surface area contributed by atoms with Crippen LogP contribution in [0.1, 0.15) is 23.6 Å². The van der Waals surface area contributed by atoms with Gasteiger partial charge in [0.1, 0.15) is 0 Å². The molecule has 2 aromatic rings. The minimum Gasteiger partial charge on any atom is -0.399 e. The topological polar surface area (TPSA) is 26.0 Å². The summed E-state index contributed by atoms with van der Waals surface area (Å²) in [5, 5.41) is 0. The molecule has 1 nitrogen and oxygen atoms in total. The second-order valence-electron chi connectivity index (χ2n) is 5.24. The maximum Gasteiger partial charge on any atom is 0.0314 e. The summed E-state index contributed by atoms with van der Waals surface area (Å²) < 4.78 is 0. The molecule has 0 aliphatic heterocycles. The van der Waals surface area contributed by atoms with E-state index in [4.69, 9.17) is 5.73 Å². The fraction of sp³-hybridized carbons (Fsp3) is 0.294. The summed E-state index contributed by atoms with van der Waals surface area (Å²) in [7, 11) is 0. The van der Waals surface area contributed by atoms with Crippen LogP contribution in [0.3, 0.4) is 0 Å². The molecule has 0 bridgehead atoms. The molecule has 2 rings (SSSR count). The molecule has 0 saturated heterocycles. The number of aryl methyl sites for hydroxylation is 1. The van der Waals surface area contributed by atoms with Crippen molar-refractivity contribution in [1.82, 2.24) is 0 Å². The zero-order chi connectivity index (χ0) is 13.0. The number of nitrogen functional groups attached to an aromatic ring is 1. The molecule has 0 heterocycles. The van der Waals surface area contributed by atoms with Gasteiger partial charge in [0.15, 0.2) is 0 Å². The van der Waals surface area contributed by atoms with Gasteiger partial charge in [-0.05, 0) is 48.9 Å². The Morgan fingerprint density at radius 2 is 1.28 bits per heavy atom. The summed E-state index contributed by atoms with van der Waals surface area (Å²) >= 11 is 0. The molecule has 0 saturated carbocycles. The Morgan fingerprint density at radius 3 is 1.78 bits per heavy atom. The van der Waals surface area contributed by atoms with Crippen LogP contribution in [0.15, 0.2) is 48.5 Å². The molecular formula is C17H21N. The van der Waals surface area contributed by atoms with Crippen LogP contribution in [-0.2, 0) is 12.8 Å². The van der Waals surface area contributed by atoms with Gasteiger partial charge >= 0.3 is 0 Å². The van der Waals surface area contributed by atoms with E-state index in [1.165, 1.54) is 16.7 Å². The smallest absolute Gasteiger partial charge is 0.0314 e. The molecule has 94 valence electrons. The van der Waals surface area contributed by atoms with Crippen molar-refractivity contribution < 1.29 is 0 Å². The Kier molecular flexibility index (Phi) is 4.03. The van der Waals surface area contributed by atoms with Gasteiger partial charge in [0.25, 0.3) is 0 Å². The maximum atomic E-state index is 5.70. The fourth-order valence-corrected chi connectivity index (χ4v) is 2.25. The highest BCUT2D eigenvalue weighted by Gasteiger charge is 2.05. The SMILES string of the molecule is Cc1ccc(CC(C)Cc2ccc(N)cc2)cc1. The van der Waals surface area contributed by atoms with Crippen LogP contribution in [0.5, 0.6) is 0 Å². The Morgan fingerprint density at radius 1 is 0.833 bits per heavy atom. The van der Waals surface area contributed by atoms with Crippen LogP contribution in [-0.4, -0.2) is 0 Å². The van der Waals surface area contributed by atoms with Crippen LogP contribution in [0.25, 0.3) is 0 Å². The van der Waals surface area contributed by atoms with E-state index in [2.05, 4.69) is 50.2 Å². The van der Waals surface area contributed by atoms with Crippen LogP contribution >= 0.6 is 0 Å². The Labute approximate surface area is 110 Å². The van der Waals surface area contributed by atoms with Crippen molar-refractivity contribution in [2.24, 2.45) is 5.92 Å². The first-order valence-electron chi connectivity index (χ1n) is 6.53. The Balaban J connectivity index is 1.94. The van der Waals surface area contributed by atoms with E-state index >= 15 is 0 Å². The Hall–Kier alpha value is -1.76. The van der Waals surface area contributed by atoms with Gasteiger partial charge in [0, 0.05) is 5.69 Å². The van der Waals surface area contributed by atoms with Crippen molar-refractivity contribution in [3.05, 3.63) is 65.2 Å². The maximum absolute atomic E-state index is 5.70. The van der Waals surface area contributed by atoms with Gasteiger partial charge in [-0.15, -0.1) is 0 Å². The number of rotatable bonds is 4. The summed E-state index contributed by atoms with van der Waals surface area (Å²) in [6.07, 6.45) is 2.23. The van der Waals surface area contributed by atoms with Crippen LogP contribution < -0.4 is 5.73 Å². The van der Waals surface area contributed by atoms with E-state index < -0.39 is 0 Å². The van der Waals surface area contributed by atoms with E-state index in [0.717, 1.165) is 18.5 Å². The molecule has 18 heavy (non-hydrogen) atoms. The molecule has 1 unspecified atom stereocenters. The number of hydrogen-bond donors (Lipinski definition) is 1. The first-order chi connectivity index (χ1) is 8.63. The highest BCUT2D eigenvalue weighted by atomic mass is 14.5. The minimum atomic E-state index is 0.649. The second kappa shape index (κ2) is 5.72. The Bertz CT molecular complexity index is 435. The van der Waals surface area contributed by atoms with E-state index in [-0.39, 0.29) is 0 Å². The predicted octanol–water partition coefficient (Wildman–Crippen LogP) is 4.00. The number of benzene rings is 2. The zero-order valence-electron chi connectivity index (χ0n) is 11.2. The van der Waals surface area contributed by atoms with Gasteiger partial charge in [-0.25, -0.2) is 0 Å². The summed E-state index contributed by atoms with van der Waals surface area (Å²) in [5.74, 6) is 0.649. The summed E-state index contributed by atoms with van der Waals surface area (Å²) in [4.78, 5) is 0. The highest BCUT2D eigenvalue weighted by Crippen LogP contribution is 2.16. The zero-order valence-corrected chi connectivity index (χ0v) is 11.2. The molecule has 1 heteroatoms. The monoisotopic (exact) mass is 239 g/mol. The summed E-state index contributed by atoms with van der Waals surface area (Å²) in [5.41, 5.74) is 10.6. The normalized spacial score (nSPS) is 12.3. The van der Waals surface area contributed by atoms with Gasteiger partial charge in [0.2, 0.25) is 0 Å². The van der Waals surface area contributed by atoms with Gasteiger partial charge < -0.3 is 5.73 Å². The largest absolute Gasteiger partial charge is 0.399 e. The standard InChI is InChI=1S/C17H21N/c1-13-3-5-15(6-4-13)11-14(2)12-16-7-9-17(18)10-8-16/h3-10,14H,11-12,18H2,1-2H3. The lowest BCUT2D eigenvalue weighted by atomic mass is 9.94. The van der Waals surface area contributed by atoms with E-state index in [9.17, 15) is 0 Å². The fourth-order valence-electron chi connectivity index (χ4n) is 2.25. The third kappa shape index (κ3) is 3.63. The van der Waals surface area contributed by atoms with Crippen molar-refractivity contribution in [3.8, 4) is 0 Å². The molecule has 2 N–H and O–H groups in total. The average Bonchev–Trinajstić information content (AvgIpc) is 2.35. The minimum absolute atomic E-state index is 0.649. The number of anilines is 1. The number of nitrogens with two attached hydrogens (primary N) is 1. The molecule has 0 spiro atoms. The van der Waals surface area contributed by atoms with Crippen molar-refractivity contribution in [3.63, 3.8) is 0 Å². The van der Waals surface area contributed by atoms with Crippen LogP contribution in [0.2, 0.25) is 0 Å². The summed E-state index contributed by atoms with van der Waals surface area (Å²) in [6, 6.07) is 17.0. The third-order valence-corrected chi connectivity index (χ3v) is 3.27. The van der Waals surface area contributed by atoms with Crippen molar-refractivity contribution in [2.75, 3.05) is 5.73 Å². The average molecular weight is 239 g/mol. The number of hydrogen-bond acceptors (Lipinski definition) is 1. The first kappa shape index (κ1) is 12.7. The molecule has 0 fully saturated rings. The molecule has 1 atom stereocenters. The molecule has 0 radical (unpaired) electrons. The van der Waals surface area contributed by atoms with Crippen molar-refractivity contribution in [2.45, 2.75) is 26.7 Å². The molecule has 0 amide bonds. The van der Waals surface area contributed by atoms with E-state index in [0.29, 0.717) is 5.92 Å². The lowest BCUT2D eigenvalue weighted by Gasteiger charge is -2.12. The van der Waals surface area contributed by atoms with Gasteiger partial charge in [-0.3, -0.25) is 0 Å². The van der Waals surface area contributed by atoms with E-state index in [1.807, 2.05) is 12.1 Å². The highest BCUT2D eigenvalue weighted by molar-refractivity contribution is 5.39. The van der Waals surface area contributed by atoms with Crippen LogP contribution in [0, 0.1) is 12.8 Å². The molecule has 0 aliphatic carbocycles. The quantitative estimate of drug-likeness (QED) is 0.802. The first-order valence-corrected chi connectivity index (χ1v) is 6.53.